The highest BCUT2D eigenvalue weighted by atomic mass is 32.2. The molecule has 0 bridgehead atoms. The predicted octanol–water partition coefficient (Wildman–Crippen LogP) is 8.33. The lowest BCUT2D eigenvalue weighted by molar-refractivity contribution is 0.478. The fraction of sp³-hybridized carbons (Fsp3) is 1.00. The lowest BCUT2D eigenvalue weighted by Crippen LogP contribution is -2.03. The van der Waals surface area contributed by atoms with E-state index in [9.17, 15) is 8.42 Å². The second-order valence-electron chi connectivity index (χ2n) is 7.94. The molecule has 0 spiro atoms. The first-order chi connectivity index (χ1) is 13.0. The van der Waals surface area contributed by atoms with Crippen molar-refractivity contribution in [3.63, 3.8) is 0 Å². The van der Waals surface area contributed by atoms with Gasteiger partial charge in [0.1, 0.15) is 0 Å². The molecule has 0 aromatic rings. The topological polar surface area (TPSA) is 54.4 Å². The molecule has 27 heavy (non-hydrogen) atoms. The van der Waals surface area contributed by atoms with Crippen molar-refractivity contribution >= 4 is 10.1 Å². The molecule has 0 aliphatic carbocycles. The van der Waals surface area contributed by atoms with E-state index in [0.29, 0.717) is 6.42 Å². The molecule has 0 aliphatic heterocycles. The maximum absolute atomic E-state index is 10.4. The highest BCUT2D eigenvalue weighted by Gasteiger charge is 2.02. The Morgan fingerprint density at radius 3 is 0.889 bits per heavy atom. The van der Waals surface area contributed by atoms with Crippen LogP contribution in [0.4, 0.5) is 0 Å². The minimum Gasteiger partial charge on any atom is -0.286 e. The molecule has 0 fully saturated rings. The molecule has 1 N–H and O–H groups in total. The lowest BCUT2D eigenvalue weighted by Gasteiger charge is -2.01. The fourth-order valence-corrected chi connectivity index (χ4v) is 3.72. The van der Waals surface area contributed by atoms with Crippen molar-refractivity contribution < 1.29 is 13.0 Å². The van der Waals surface area contributed by atoms with Gasteiger partial charge in [-0.05, 0) is 6.42 Å². The largest absolute Gasteiger partial charge is 0.286 e. The minimum absolute atomic E-state index is 0.0799. The van der Waals surface area contributed by atoms with E-state index < -0.39 is 10.1 Å². The normalized spacial score (nSPS) is 11.3. The highest BCUT2D eigenvalue weighted by molar-refractivity contribution is 7.85. The smallest absolute Gasteiger partial charge is 0.264 e. The van der Waals surface area contributed by atoms with Gasteiger partial charge < -0.3 is 0 Å². The molecule has 0 aromatic heterocycles. The Hall–Kier alpha value is -0.0900. The maximum Gasteiger partial charge on any atom is 0.264 e. The van der Waals surface area contributed by atoms with Crippen LogP contribution in [0.1, 0.15) is 143 Å². The first kappa shape index (κ1) is 29.1. The van der Waals surface area contributed by atoms with E-state index in [4.69, 9.17) is 4.55 Å². The zero-order chi connectivity index (χ0) is 20.6. The van der Waals surface area contributed by atoms with Crippen LogP contribution in [0, 0.1) is 0 Å². The molecule has 0 heterocycles. The molecule has 0 unspecified atom stereocenters. The van der Waals surface area contributed by atoms with E-state index in [0.717, 1.165) is 12.8 Å². The SMILES string of the molecule is CCCCCCCCCCC.CCCCCCCCCCCCS(=O)(=O)O. The van der Waals surface area contributed by atoms with Crippen LogP contribution in [-0.2, 0) is 10.1 Å². The summed E-state index contributed by atoms with van der Waals surface area (Å²) in [6.45, 7) is 6.77. The molecule has 0 aliphatic rings. The van der Waals surface area contributed by atoms with Gasteiger partial charge in [0.25, 0.3) is 10.1 Å². The average Bonchev–Trinajstić information content (AvgIpc) is 2.62. The minimum atomic E-state index is -3.73. The average molecular weight is 407 g/mol. The first-order valence-corrected chi connectivity index (χ1v) is 13.5. The lowest BCUT2D eigenvalue weighted by atomic mass is 10.1. The van der Waals surface area contributed by atoms with Gasteiger partial charge in [0.05, 0.1) is 5.75 Å². The van der Waals surface area contributed by atoms with Crippen molar-refractivity contribution in [2.45, 2.75) is 143 Å². The monoisotopic (exact) mass is 406 g/mol. The third kappa shape index (κ3) is 33.9. The van der Waals surface area contributed by atoms with Crippen molar-refractivity contribution in [3.8, 4) is 0 Å². The Kier molecular flexibility index (Phi) is 25.8. The molecule has 0 amide bonds. The summed E-state index contributed by atoms with van der Waals surface area (Å²) in [6.07, 6.45) is 24.6. The Balaban J connectivity index is 0. The Labute approximate surface area is 171 Å². The molecule has 166 valence electrons. The number of rotatable bonds is 19. The molecular weight excluding hydrogens is 356 g/mol. The molecule has 0 saturated heterocycles. The fourth-order valence-electron chi connectivity index (χ4n) is 3.16. The predicted molar refractivity (Wildman–Crippen MR) is 121 cm³/mol. The molecule has 0 rings (SSSR count). The standard InChI is InChI=1S/C12H26O3S.C11H24/c1-2-3-4-5-6-7-8-9-10-11-12-16(13,14)15;1-3-5-7-9-11-10-8-6-4-2/h2-12H2,1H3,(H,13,14,15);3-11H2,1-2H3. The molecule has 4 heteroatoms. The van der Waals surface area contributed by atoms with Gasteiger partial charge in [-0.1, -0.05) is 136 Å². The molecule has 3 nitrogen and oxygen atoms in total. The number of unbranched alkanes of at least 4 members (excludes halogenated alkanes) is 17. The van der Waals surface area contributed by atoms with Crippen LogP contribution >= 0.6 is 0 Å². The van der Waals surface area contributed by atoms with Gasteiger partial charge >= 0.3 is 0 Å². The van der Waals surface area contributed by atoms with Crippen LogP contribution in [0.3, 0.4) is 0 Å². The molecule has 0 atom stereocenters. The van der Waals surface area contributed by atoms with Crippen molar-refractivity contribution in [1.29, 1.82) is 0 Å². The van der Waals surface area contributed by atoms with Crippen molar-refractivity contribution in [1.82, 2.24) is 0 Å². The van der Waals surface area contributed by atoms with E-state index in [2.05, 4.69) is 20.8 Å². The van der Waals surface area contributed by atoms with Crippen LogP contribution in [0.15, 0.2) is 0 Å². The van der Waals surface area contributed by atoms with E-state index in [1.165, 1.54) is 103 Å². The van der Waals surface area contributed by atoms with Crippen LogP contribution < -0.4 is 0 Å². The van der Waals surface area contributed by atoms with Crippen molar-refractivity contribution in [3.05, 3.63) is 0 Å². The van der Waals surface area contributed by atoms with Crippen LogP contribution in [0.5, 0.6) is 0 Å². The molecular formula is C23H50O3S. The van der Waals surface area contributed by atoms with E-state index in [1.54, 1.807) is 0 Å². The van der Waals surface area contributed by atoms with E-state index >= 15 is 0 Å². The number of hydrogen-bond acceptors (Lipinski definition) is 2. The maximum atomic E-state index is 10.4. The molecule has 0 aromatic carbocycles. The van der Waals surface area contributed by atoms with Gasteiger partial charge in [-0.3, -0.25) is 4.55 Å². The van der Waals surface area contributed by atoms with Crippen LogP contribution in [0.25, 0.3) is 0 Å². The Morgan fingerprint density at radius 1 is 0.444 bits per heavy atom. The van der Waals surface area contributed by atoms with Crippen molar-refractivity contribution in [2.24, 2.45) is 0 Å². The van der Waals surface area contributed by atoms with Crippen molar-refractivity contribution in [2.75, 3.05) is 5.75 Å². The zero-order valence-electron chi connectivity index (χ0n) is 18.8. The molecule has 0 radical (unpaired) electrons. The van der Waals surface area contributed by atoms with Gasteiger partial charge in [-0.2, -0.15) is 8.42 Å². The Morgan fingerprint density at radius 2 is 0.667 bits per heavy atom. The van der Waals surface area contributed by atoms with Gasteiger partial charge in [0.15, 0.2) is 0 Å². The summed E-state index contributed by atoms with van der Waals surface area (Å²) >= 11 is 0. The Bertz CT molecular complexity index is 345. The van der Waals surface area contributed by atoms with Gasteiger partial charge in [-0.25, -0.2) is 0 Å². The third-order valence-corrected chi connectivity index (χ3v) is 5.77. The van der Waals surface area contributed by atoms with Gasteiger partial charge in [0, 0.05) is 0 Å². The second kappa shape index (κ2) is 23.9. The van der Waals surface area contributed by atoms with Gasteiger partial charge in [-0.15, -0.1) is 0 Å². The summed E-state index contributed by atoms with van der Waals surface area (Å²) in [7, 11) is -3.73. The van der Waals surface area contributed by atoms with Crippen LogP contribution in [0.2, 0.25) is 0 Å². The molecule has 0 saturated carbocycles. The zero-order valence-corrected chi connectivity index (χ0v) is 19.6. The number of hydrogen-bond donors (Lipinski definition) is 1. The van der Waals surface area contributed by atoms with Gasteiger partial charge in [0.2, 0.25) is 0 Å². The summed E-state index contributed by atoms with van der Waals surface area (Å²) in [4.78, 5) is 0. The highest BCUT2D eigenvalue weighted by Crippen LogP contribution is 2.11. The van der Waals surface area contributed by atoms with E-state index in [1.807, 2.05) is 0 Å². The summed E-state index contributed by atoms with van der Waals surface area (Å²) in [5.74, 6) is -0.0799. The first-order valence-electron chi connectivity index (χ1n) is 11.9. The summed E-state index contributed by atoms with van der Waals surface area (Å²) in [5.41, 5.74) is 0. The summed E-state index contributed by atoms with van der Waals surface area (Å²) in [6, 6.07) is 0. The quantitative estimate of drug-likeness (QED) is 0.173. The summed E-state index contributed by atoms with van der Waals surface area (Å²) < 4.78 is 29.4. The third-order valence-electron chi connectivity index (χ3n) is 4.96. The van der Waals surface area contributed by atoms with Crippen LogP contribution in [-0.4, -0.2) is 18.7 Å². The second-order valence-corrected chi connectivity index (χ2v) is 9.51. The van der Waals surface area contributed by atoms with E-state index in [-0.39, 0.29) is 5.75 Å². The summed E-state index contributed by atoms with van der Waals surface area (Å²) in [5, 5.41) is 0.